The van der Waals surface area contributed by atoms with E-state index in [1.165, 1.54) is 30.1 Å². The molecule has 7 heteroatoms. The average Bonchev–Trinajstić information content (AvgIpc) is 3.13. The van der Waals surface area contributed by atoms with Crippen molar-refractivity contribution >= 4 is 29.1 Å². The summed E-state index contributed by atoms with van der Waals surface area (Å²) >= 11 is 0. The average molecular weight is 426 g/mol. The van der Waals surface area contributed by atoms with Crippen molar-refractivity contribution in [3.63, 3.8) is 0 Å². The van der Waals surface area contributed by atoms with Gasteiger partial charge in [0.1, 0.15) is 5.82 Å². The zero-order chi connectivity index (χ0) is 22.5. The van der Waals surface area contributed by atoms with Gasteiger partial charge in [-0.15, -0.1) is 0 Å². The topological polar surface area (TPSA) is 69.7 Å². The van der Waals surface area contributed by atoms with E-state index in [0.29, 0.717) is 18.2 Å². The molecule has 1 aliphatic rings. The van der Waals surface area contributed by atoms with Gasteiger partial charge in [0.2, 0.25) is 17.7 Å². The Kier molecular flexibility index (Phi) is 7.05. The van der Waals surface area contributed by atoms with Gasteiger partial charge in [-0.25, -0.2) is 4.39 Å². The molecule has 1 heterocycles. The molecule has 1 fully saturated rings. The Balaban J connectivity index is 1.64. The van der Waals surface area contributed by atoms with Gasteiger partial charge in [0.05, 0.1) is 12.5 Å². The summed E-state index contributed by atoms with van der Waals surface area (Å²) in [7, 11) is 1.54. The SMILES string of the molecule is CC[C@H](C)c1ccccc1N1C[C@H](C(=O)N(C)CC(=O)Nc2cccc(F)c2)CC1=O. The zero-order valence-electron chi connectivity index (χ0n) is 18.1. The highest BCUT2D eigenvalue weighted by Gasteiger charge is 2.37. The molecule has 2 aromatic rings. The summed E-state index contributed by atoms with van der Waals surface area (Å²) in [6.45, 7) is 4.33. The van der Waals surface area contributed by atoms with Crippen LogP contribution in [0.25, 0.3) is 0 Å². The monoisotopic (exact) mass is 425 g/mol. The number of hydrogen-bond donors (Lipinski definition) is 1. The minimum Gasteiger partial charge on any atom is -0.336 e. The van der Waals surface area contributed by atoms with Crippen molar-refractivity contribution in [1.29, 1.82) is 0 Å². The molecule has 1 N–H and O–H groups in total. The summed E-state index contributed by atoms with van der Waals surface area (Å²) < 4.78 is 13.3. The second-order valence-corrected chi connectivity index (χ2v) is 8.03. The van der Waals surface area contributed by atoms with E-state index in [1.54, 1.807) is 11.0 Å². The largest absolute Gasteiger partial charge is 0.336 e. The summed E-state index contributed by atoms with van der Waals surface area (Å²) in [5, 5.41) is 2.58. The molecule has 0 bridgehead atoms. The Bertz CT molecular complexity index is 978. The predicted octanol–water partition coefficient (Wildman–Crippen LogP) is 3.79. The van der Waals surface area contributed by atoms with E-state index in [4.69, 9.17) is 0 Å². The smallest absolute Gasteiger partial charge is 0.243 e. The lowest BCUT2D eigenvalue weighted by atomic mass is 9.96. The van der Waals surface area contributed by atoms with E-state index in [9.17, 15) is 18.8 Å². The van der Waals surface area contributed by atoms with E-state index >= 15 is 0 Å². The highest BCUT2D eigenvalue weighted by Crippen LogP contribution is 2.33. The first kappa shape index (κ1) is 22.5. The van der Waals surface area contributed by atoms with Gasteiger partial charge in [-0.05, 0) is 42.2 Å². The van der Waals surface area contributed by atoms with Crippen LogP contribution < -0.4 is 10.2 Å². The van der Waals surface area contributed by atoms with E-state index < -0.39 is 17.6 Å². The number of carbonyl (C=O) groups excluding carboxylic acids is 3. The van der Waals surface area contributed by atoms with Gasteiger partial charge in [-0.2, -0.15) is 0 Å². The molecule has 0 unspecified atom stereocenters. The van der Waals surface area contributed by atoms with Crippen molar-refractivity contribution in [2.24, 2.45) is 5.92 Å². The molecule has 0 radical (unpaired) electrons. The van der Waals surface area contributed by atoms with Crippen LogP contribution in [0.2, 0.25) is 0 Å². The number of halogens is 1. The molecule has 0 aromatic heterocycles. The van der Waals surface area contributed by atoms with E-state index in [0.717, 1.165) is 17.7 Å². The first-order valence-corrected chi connectivity index (χ1v) is 10.5. The highest BCUT2D eigenvalue weighted by molar-refractivity contribution is 6.02. The summed E-state index contributed by atoms with van der Waals surface area (Å²) in [5.41, 5.74) is 2.27. The van der Waals surface area contributed by atoms with Gasteiger partial charge in [0.15, 0.2) is 0 Å². The van der Waals surface area contributed by atoms with Gasteiger partial charge < -0.3 is 15.1 Å². The Morgan fingerprint density at radius 3 is 2.68 bits per heavy atom. The van der Waals surface area contributed by atoms with Crippen molar-refractivity contribution < 1.29 is 18.8 Å². The highest BCUT2D eigenvalue weighted by atomic mass is 19.1. The van der Waals surface area contributed by atoms with Crippen LogP contribution in [0.15, 0.2) is 48.5 Å². The van der Waals surface area contributed by atoms with E-state index in [-0.39, 0.29) is 24.8 Å². The fourth-order valence-electron chi connectivity index (χ4n) is 3.85. The van der Waals surface area contributed by atoms with Crippen LogP contribution in [0.4, 0.5) is 15.8 Å². The maximum absolute atomic E-state index is 13.3. The molecule has 1 saturated heterocycles. The number of amides is 3. The molecular formula is C24H28FN3O3. The molecule has 31 heavy (non-hydrogen) atoms. The maximum atomic E-state index is 13.3. The molecule has 2 aromatic carbocycles. The van der Waals surface area contributed by atoms with Crippen LogP contribution >= 0.6 is 0 Å². The van der Waals surface area contributed by atoms with Gasteiger partial charge in [-0.1, -0.05) is 38.1 Å². The standard InChI is InChI=1S/C24H28FN3O3/c1-4-16(2)20-10-5-6-11-21(20)28-14-17(12-23(28)30)24(31)27(3)15-22(29)26-19-9-7-8-18(25)13-19/h5-11,13,16-17H,4,12,14-15H2,1-3H3,(H,26,29)/t16-,17+/m0/s1. The number of carbonyl (C=O) groups is 3. The lowest BCUT2D eigenvalue weighted by molar-refractivity contribution is -0.137. The normalized spacial score (nSPS) is 16.8. The van der Waals surface area contributed by atoms with Gasteiger partial charge in [-0.3, -0.25) is 14.4 Å². The third-order valence-corrected chi connectivity index (χ3v) is 5.71. The van der Waals surface area contributed by atoms with Crippen LogP contribution in [0.5, 0.6) is 0 Å². The fraction of sp³-hybridized carbons (Fsp3) is 0.375. The number of benzene rings is 2. The second kappa shape index (κ2) is 9.73. The minimum absolute atomic E-state index is 0.0910. The van der Waals surface area contributed by atoms with Crippen molar-refractivity contribution in [3.05, 3.63) is 59.9 Å². The molecule has 1 aliphatic heterocycles. The van der Waals surface area contributed by atoms with Crippen LogP contribution in [0.1, 0.15) is 38.2 Å². The van der Waals surface area contributed by atoms with E-state index in [1.807, 2.05) is 24.3 Å². The second-order valence-electron chi connectivity index (χ2n) is 8.03. The molecule has 0 spiro atoms. The number of nitrogens with zero attached hydrogens (tertiary/aromatic N) is 2. The summed E-state index contributed by atoms with van der Waals surface area (Å²) in [4.78, 5) is 40.9. The molecule has 0 aliphatic carbocycles. The minimum atomic E-state index is -0.510. The number of likely N-dealkylation sites (N-methyl/N-ethyl adjacent to an activating group) is 1. The summed E-state index contributed by atoms with van der Waals surface area (Å²) in [5.74, 6) is -1.44. The van der Waals surface area contributed by atoms with Crippen molar-refractivity contribution in [1.82, 2.24) is 4.90 Å². The van der Waals surface area contributed by atoms with Gasteiger partial charge in [0, 0.05) is 31.4 Å². The molecule has 0 saturated carbocycles. The Morgan fingerprint density at radius 1 is 1.23 bits per heavy atom. The Labute approximate surface area is 182 Å². The number of para-hydroxylation sites is 1. The first-order chi connectivity index (χ1) is 14.8. The predicted molar refractivity (Wildman–Crippen MR) is 118 cm³/mol. The number of nitrogens with one attached hydrogen (secondary N) is 1. The first-order valence-electron chi connectivity index (χ1n) is 10.5. The van der Waals surface area contributed by atoms with Crippen molar-refractivity contribution in [2.45, 2.75) is 32.6 Å². The van der Waals surface area contributed by atoms with Crippen LogP contribution in [-0.2, 0) is 14.4 Å². The molecule has 3 amide bonds. The number of rotatable bonds is 7. The van der Waals surface area contributed by atoms with Crippen molar-refractivity contribution in [2.75, 3.05) is 30.4 Å². The zero-order valence-corrected chi connectivity index (χ0v) is 18.1. The van der Waals surface area contributed by atoms with Gasteiger partial charge >= 0.3 is 0 Å². The lowest BCUT2D eigenvalue weighted by Gasteiger charge is -2.24. The lowest BCUT2D eigenvalue weighted by Crippen LogP contribution is -2.39. The maximum Gasteiger partial charge on any atom is 0.243 e. The molecule has 2 atom stereocenters. The van der Waals surface area contributed by atoms with Crippen LogP contribution in [0, 0.1) is 11.7 Å². The number of anilines is 2. The molecule has 3 rings (SSSR count). The third kappa shape index (κ3) is 5.29. The molecular weight excluding hydrogens is 397 g/mol. The summed E-state index contributed by atoms with van der Waals surface area (Å²) in [6.07, 6.45) is 1.06. The molecule has 6 nitrogen and oxygen atoms in total. The Hall–Kier alpha value is -3.22. The number of hydrogen-bond acceptors (Lipinski definition) is 3. The van der Waals surface area contributed by atoms with Crippen molar-refractivity contribution in [3.8, 4) is 0 Å². The fourth-order valence-corrected chi connectivity index (χ4v) is 3.85. The molecule has 164 valence electrons. The quantitative estimate of drug-likeness (QED) is 0.734. The van der Waals surface area contributed by atoms with Gasteiger partial charge in [0.25, 0.3) is 0 Å². The van der Waals surface area contributed by atoms with E-state index in [2.05, 4.69) is 19.2 Å². The van der Waals surface area contributed by atoms with Crippen LogP contribution in [0.3, 0.4) is 0 Å². The van der Waals surface area contributed by atoms with Crippen LogP contribution in [-0.4, -0.2) is 42.8 Å². The Morgan fingerprint density at radius 2 is 1.97 bits per heavy atom. The summed E-state index contributed by atoms with van der Waals surface area (Å²) in [6, 6.07) is 13.4. The third-order valence-electron chi connectivity index (χ3n) is 5.71.